The monoisotopic (exact) mass is 578 g/mol. The van der Waals surface area contributed by atoms with Crippen molar-refractivity contribution >= 4 is 29.0 Å². The molecular formula is C41H47BN2. The van der Waals surface area contributed by atoms with Gasteiger partial charge in [-0.05, 0) is 112 Å². The van der Waals surface area contributed by atoms with Gasteiger partial charge in [0.15, 0.2) is 0 Å². The second-order valence-corrected chi connectivity index (χ2v) is 13.3. The summed E-state index contributed by atoms with van der Waals surface area (Å²) < 4.78 is 4.72. The molecule has 1 heterocycles. The van der Waals surface area contributed by atoms with Crippen LogP contribution in [0, 0.1) is 83.1 Å². The second kappa shape index (κ2) is 12.1. The maximum atomic E-state index is 4.01. The Labute approximate surface area is 265 Å². The van der Waals surface area contributed by atoms with E-state index in [-0.39, 0.29) is 6.35 Å². The van der Waals surface area contributed by atoms with Gasteiger partial charge >= 0.3 is 0 Å². The van der Waals surface area contributed by atoms with Crippen molar-refractivity contribution in [3.63, 3.8) is 0 Å². The summed E-state index contributed by atoms with van der Waals surface area (Å²) in [7, 11) is 0. The van der Waals surface area contributed by atoms with Gasteiger partial charge in [-0.3, -0.25) is 0 Å². The third-order valence-electron chi connectivity index (χ3n) is 9.04. The Morgan fingerprint density at radius 3 is 1.30 bits per heavy atom. The first-order chi connectivity index (χ1) is 20.8. The van der Waals surface area contributed by atoms with E-state index in [0.29, 0.717) is 0 Å². The van der Waals surface area contributed by atoms with Gasteiger partial charge in [0, 0.05) is 6.08 Å². The van der Waals surface area contributed by atoms with Crippen molar-refractivity contribution in [2.75, 3.05) is 0 Å². The summed E-state index contributed by atoms with van der Waals surface area (Å²) in [5.74, 6) is 1.09. The summed E-state index contributed by atoms with van der Waals surface area (Å²) in [5, 5.41) is 0. The Hall–Kier alpha value is -4.20. The van der Waals surface area contributed by atoms with E-state index in [2.05, 4.69) is 165 Å². The number of rotatable bonds is 5. The molecule has 2 nitrogen and oxygen atoms in total. The minimum Gasteiger partial charge on any atom is -0.363 e. The first-order valence-electron chi connectivity index (χ1n) is 15.8. The Bertz CT molecular complexity index is 1780. The normalized spacial score (nSPS) is 11.1. The molecular weight excluding hydrogens is 531 g/mol. The van der Waals surface area contributed by atoms with Crippen LogP contribution in [0.1, 0.15) is 72.6 Å². The highest BCUT2D eigenvalue weighted by Crippen LogP contribution is 2.24. The number of hydrogen-bond acceptors (Lipinski definition) is 0. The Balaban J connectivity index is 1.93. The molecule has 0 aliphatic rings. The molecule has 0 amide bonds. The number of hydrogen-bond donors (Lipinski definition) is 0. The lowest BCUT2D eigenvalue weighted by Gasteiger charge is -2.28. The summed E-state index contributed by atoms with van der Waals surface area (Å²) >= 11 is 0. The van der Waals surface area contributed by atoms with E-state index in [4.69, 9.17) is 0 Å². The van der Waals surface area contributed by atoms with Gasteiger partial charge < -0.3 is 5.62 Å². The first kappa shape index (κ1) is 31.2. The van der Waals surface area contributed by atoms with Gasteiger partial charge in [-0.15, -0.1) is 0 Å². The molecule has 0 aliphatic heterocycles. The highest BCUT2D eigenvalue weighted by atomic mass is 15.2. The number of benzene rings is 4. The van der Waals surface area contributed by atoms with E-state index in [9.17, 15) is 0 Å². The molecule has 1 aromatic heterocycles. The molecule has 0 spiro atoms. The standard InChI is InChI=1S/C41H47BN2/c1-25-17-29(5)38(30(6)18-25)42(39-31(7)19-26(2)20-32(39)8)14-13-37-43(40-33(9)21-27(3)22-34(40)10)15-16-44(37)41-35(11)23-28(4)24-36(41)12/h13,15-24H,1-12H3. The molecule has 0 fully saturated rings. The molecule has 0 unspecified atom stereocenters. The fraction of sp³-hybridized carbons (Fsp3) is 0.293. The van der Waals surface area contributed by atoms with Crippen LogP contribution in [0.5, 0.6) is 0 Å². The van der Waals surface area contributed by atoms with Crippen LogP contribution in [0.4, 0.5) is 0 Å². The van der Waals surface area contributed by atoms with Crippen LogP contribution in [0.25, 0.3) is 17.5 Å². The molecule has 5 rings (SSSR count). The summed E-state index contributed by atoms with van der Waals surface area (Å²) in [6.45, 7) is 26.6. The summed E-state index contributed by atoms with van der Waals surface area (Å²) in [6.07, 6.45) is 6.68. The highest BCUT2D eigenvalue weighted by molar-refractivity contribution is 6.89. The summed E-state index contributed by atoms with van der Waals surface area (Å²) in [6, 6.07) is 18.4. The number of aromatic nitrogens is 2. The van der Waals surface area contributed by atoms with Gasteiger partial charge in [-0.1, -0.05) is 93.0 Å². The molecule has 0 radical (unpaired) electrons. The lowest BCUT2D eigenvalue weighted by atomic mass is 9.48. The van der Waals surface area contributed by atoms with Gasteiger partial charge in [-0.2, -0.15) is 9.13 Å². The van der Waals surface area contributed by atoms with E-state index in [1.54, 1.807) is 0 Å². The summed E-state index contributed by atoms with van der Waals surface area (Å²) in [5.41, 5.74) is 24.6. The van der Waals surface area contributed by atoms with Crippen LogP contribution in [0.3, 0.4) is 0 Å². The molecule has 4 aromatic carbocycles. The SMILES string of the molecule is Cc1cc(C)c([B-](=C=Cc2n(-c3c(C)cc(C)cc3C)cc[n+]2-c2c(C)cc(C)cc2C)c2c(C)cc(C)cc2C)c(C)c1. The number of imidazole rings is 1. The maximum Gasteiger partial charge on any atom is 0.295 e. The lowest BCUT2D eigenvalue weighted by Crippen LogP contribution is -2.42. The minimum atomic E-state index is -0.00609. The van der Waals surface area contributed by atoms with Crippen LogP contribution in [0.2, 0.25) is 0 Å². The van der Waals surface area contributed by atoms with Gasteiger partial charge in [0.25, 0.3) is 5.82 Å². The molecule has 0 bridgehead atoms. The van der Waals surface area contributed by atoms with Crippen LogP contribution >= 0.6 is 0 Å². The fourth-order valence-electron chi connectivity index (χ4n) is 7.79. The Kier molecular flexibility index (Phi) is 8.56. The van der Waals surface area contributed by atoms with E-state index >= 15 is 0 Å². The average Bonchev–Trinajstić information content (AvgIpc) is 3.27. The zero-order valence-electron chi connectivity index (χ0n) is 28.8. The average molecular weight is 579 g/mol. The van der Waals surface area contributed by atoms with E-state index in [1.807, 2.05) is 0 Å². The van der Waals surface area contributed by atoms with Gasteiger partial charge in [0.2, 0.25) is 0 Å². The van der Waals surface area contributed by atoms with Crippen molar-refractivity contribution in [2.24, 2.45) is 0 Å². The van der Waals surface area contributed by atoms with E-state index in [0.717, 1.165) is 5.82 Å². The minimum absolute atomic E-state index is 0.00609. The molecule has 0 atom stereocenters. The maximum absolute atomic E-state index is 4.01. The molecule has 3 heteroatoms. The zero-order chi connectivity index (χ0) is 32.0. The quantitative estimate of drug-likeness (QED) is 0.149. The number of aryl methyl sites for hydroxylation is 12. The Morgan fingerprint density at radius 2 is 0.886 bits per heavy atom. The third-order valence-corrected chi connectivity index (χ3v) is 9.04. The van der Waals surface area contributed by atoms with Gasteiger partial charge in [0.05, 0.1) is 0 Å². The topological polar surface area (TPSA) is 8.81 Å². The molecule has 0 saturated heterocycles. The van der Waals surface area contributed by atoms with Crippen molar-refractivity contribution in [3.05, 3.63) is 134 Å². The van der Waals surface area contributed by atoms with Crippen molar-refractivity contribution in [3.8, 4) is 11.4 Å². The zero-order valence-corrected chi connectivity index (χ0v) is 28.8. The van der Waals surface area contributed by atoms with E-state index < -0.39 is 0 Å². The smallest absolute Gasteiger partial charge is 0.295 e. The van der Waals surface area contributed by atoms with Gasteiger partial charge in [0.1, 0.15) is 23.8 Å². The Morgan fingerprint density at radius 1 is 0.523 bits per heavy atom. The van der Waals surface area contributed by atoms with Crippen LogP contribution < -0.4 is 15.5 Å². The largest absolute Gasteiger partial charge is 0.363 e. The third kappa shape index (κ3) is 5.82. The van der Waals surface area contributed by atoms with Crippen molar-refractivity contribution in [1.29, 1.82) is 0 Å². The first-order valence-corrected chi connectivity index (χ1v) is 15.8. The number of nitrogens with zero attached hydrogens (tertiary/aromatic N) is 2. The van der Waals surface area contributed by atoms with Crippen LogP contribution in [0.15, 0.2) is 60.9 Å². The molecule has 5 aromatic rings. The van der Waals surface area contributed by atoms with E-state index in [1.165, 1.54) is 89.1 Å². The van der Waals surface area contributed by atoms with Crippen molar-refractivity contribution < 1.29 is 4.57 Å². The fourth-order valence-corrected chi connectivity index (χ4v) is 7.79. The molecule has 0 saturated carbocycles. The predicted octanol–water partition coefficient (Wildman–Crippen LogP) is 7.76. The lowest BCUT2D eigenvalue weighted by molar-refractivity contribution is -0.597. The van der Waals surface area contributed by atoms with Crippen LogP contribution in [-0.4, -0.2) is 16.5 Å². The molecule has 0 N–H and O–H groups in total. The van der Waals surface area contributed by atoms with Gasteiger partial charge in [-0.25, -0.2) is 10.9 Å². The predicted molar refractivity (Wildman–Crippen MR) is 192 cm³/mol. The second-order valence-electron chi connectivity index (χ2n) is 13.3. The molecule has 224 valence electrons. The van der Waals surface area contributed by atoms with Crippen LogP contribution in [-0.2, 0) is 0 Å². The molecule has 0 aliphatic carbocycles. The molecule has 44 heavy (non-hydrogen) atoms. The van der Waals surface area contributed by atoms with Crippen molar-refractivity contribution in [1.82, 2.24) is 4.57 Å². The summed E-state index contributed by atoms with van der Waals surface area (Å²) in [4.78, 5) is 0. The van der Waals surface area contributed by atoms with Crippen molar-refractivity contribution in [2.45, 2.75) is 83.1 Å². The highest BCUT2D eigenvalue weighted by Gasteiger charge is 2.23.